The minimum atomic E-state index is -0.426. The van der Waals surface area contributed by atoms with Crippen molar-refractivity contribution in [3.8, 4) is 0 Å². The fraction of sp³-hybridized carbons (Fsp3) is 0.667. The number of carbonyl (C=O) groups is 2. The number of piperazine rings is 1. The highest BCUT2D eigenvalue weighted by molar-refractivity contribution is 5.83. The summed E-state index contributed by atoms with van der Waals surface area (Å²) in [6, 6.07) is -0.804. The topological polar surface area (TPSA) is 110 Å². The number of amides is 2. The van der Waals surface area contributed by atoms with Crippen LogP contribution in [0.4, 0.5) is 0 Å². The van der Waals surface area contributed by atoms with Crippen LogP contribution in [0.1, 0.15) is 0 Å². The number of nitrogens with two attached hydrogens (primary N) is 2. The SMILES string of the molecule is NC(=O)[C@@H]1CN[C@@H](C(N)=O)CN1. The molecule has 1 aliphatic rings. The lowest BCUT2D eigenvalue weighted by molar-refractivity contribution is -0.123. The van der Waals surface area contributed by atoms with Crippen LogP contribution in [-0.4, -0.2) is 37.0 Å². The third-order valence-electron chi connectivity index (χ3n) is 1.82. The van der Waals surface area contributed by atoms with Gasteiger partial charge in [0.15, 0.2) is 0 Å². The van der Waals surface area contributed by atoms with Gasteiger partial charge in [0.2, 0.25) is 11.8 Å². The Balaban J connectivity index is 2.39. The molecule has 2 amide bonds. The Bertz CT molecular complexity index is 176. The van der Waals surface area contributed by atoms with E-state index < -0.39 is 23.9 Å². The number of nitrogens with one attached hydrogen (secondary N) is 2. The first-order valence-electron chi connectivity index (χ1n) is 3.66. The molecule has 0 saturated carbocycles. The van der Waals surface area contributed by atoms with Gasteiger partial charge in [0.25, 0.3) is 0 Å². The van der Waals surface area contributed by atoms with E-state index in [-0.39, 0.29) is 0 Å². The van der Waals surface area contributed by atoms with E-state index in [9.17, 15) is 9.59 Å². The van der Waals surface area contributed by atoms with Crippen molar-refractivity contribution in [2.45, 2.75) is 12.1 Å². The highest BCUT2D eigenvalue weighted by Crippen LogP contribution is 1.91. The molecule has 0 aromatic rings. The summed E-state index contributed by atoms with van der Waals surface area (Å²) in [6.07, 6.45) is 0. The van der Waals surface area contributed by atoms with E-state index in [0.717, 1.165) is 0 Å². The number of carbonyl (C=O) groups excluding carboxylic acids is 2. The molecule has 12 heavy (non-hydrogen) atoms. The quantitative estimate of drug-likeness (QED) is 0.353. The molecule has 6 heteroatoms. The molecule has 1 heterocycles. The average Bonchev–Trinajstić information content (AvgIpc) is 2.04. The van der Waals surface area contributed by atoms with Crippen molar-refractivity contribution >= 4 is 11.8 Å². The summed E-state index contributed by atoms with van der Waals surface area (Å²) in [6.45, 7) is 0.700. The number of primary amides is 2. The Morgan fingerprint density at radius 1 is 1.00 bits per heavy atom. The largest absolute Gasteiger partial charge is 0.368 e. The second kappa shape index (κ2) is 3.51. The molecule has 6 nitrogen and oxygen atoms in total. The molecule has 68 valence electrons. The van der Waals surface area contributed by atoms with Gasteiger partial charge in [-0.15, -0.1) is 0 Å². The van der Waals surface area contributed by atoms with Gasteiger partial charge in [0.05, 0.1) is 12.1 Å². The monoisotopic (exact) mass is 172 g/mol. The van der Waals surface area contributed by atoms with Crippen molar-refractivity contribution < 1.29 is 9.59 Å². The summed E-state index contributed by atoms with van der Waals surface area (Å²) >= 11 is 0. The Hall–Kier alpha value is -1.14. The fourth-order valence-electron chi connectivity index (χ4n) is 1.07. The second-order valence-corrected chi connectivity index (χ2v) is 2.73. The van der Waals surface area contributed by atoms with E-state index in [2.05, 4.69) is 10.6 Å². The van der Waals surface area contributed by atoms with Gasteiger partial charge in [-0.1, -0.05) is 0 Å². The highest BCUT2D eigenvalue weighted by Gasteiger charge is 2.25. The van der Waals surface area contributed by atoms with E-state index in [4.69, 9.17) is 11.5 Å². The van der Waals surface area contributed by atoms with Gasteiger partial charge < -0.3 is 22.1 Å². The second-order valence-electron chi connectivity index (χ2n) is 2.73. The summed E-state index contributed by atoms with van der Waals surface area (Å²) in [5.41, 5.74) is 10.1. The molecule has 0 bridgehead atoms. The van der Waals surface area contributed by atoms with Crippen LogP contribution in [0.5, 0.6) is 0 Å². The molecule has 1 aliphatic heterocycles. The predicted molar refractivity (Wildman–Crippen MR) is 42.0 cm³/mol. The lowest BCUT2D eigenvalue weighted by Crippen LogP contribution is -2.62. The molecule has 2 atom stereocenters. The van der Waals surface area contributed by atoms with Gasteiger partial charge in [-0.05, 0) is 0 Å². The molecular formula is C6H12N4O2. The van der Waals surface area contributed by atoms with Gasteiger partial charge in [-0.3, -0.25) is 9.59 Å². The summed E-state index contributed by atoms with van der Waals surface area (Å²) in [7, 11) is 0. The minimum absolute atomic E-state index is 0.350. The Morgan fingerprint density at radius 2 is 1.33 bits per heavy atom. The third-order valence-corrected chi connectivity index (χ3v) is 1.82. The van der Waals surface area contributed by atoms with E-state index in [1.165, 1.54) is 0 Å². The lowest BCUT2D eigenvalue weighted by atomic mass is 10.1. The first kappa shape index (κ1) is 8.95. The van der Waals surface area contributed by atoms with Gasteiger partial charge in [0, 0.05) is 13.1 Å². The molecule has 1 fully saturated rings. The van der Waals surface area contributed by atoms with Crippen molar-refractivity contribution in [1.29, 1.82) is 0 Å². The average molecular weight is 172 g/mol. The standard InChI is InChI=1S/C6H12N4O2/c7-5(11)3-1-9-4(2-10-3)6(8)12/h3-4,9-10H,1-2H2,(H2,7,11)(H2,8,12)/t3-,4+. The smallest absolute Gasteiger partial charge is 0.235 e. The maximum atomic E-state index is 10.6. The third kappa shape index (κ3) is 1.93. The molecular weight excluding hydrogens is 160 g/mol. The van der Waals surface area contributed by atoms with Crippen LogP contribution in [0.15, 0.2) is 0 Å². The molecule has 6 N–H and O–H groups in total. The van der Waals surface area contributed by atoms with Crippen molar-refractivity contribution in [3.05, 3.63) is 0 Å². The maximum Gasteiger partial charge on any atom is 0.235 e. The van der Waals surface area contributed by atoms with Crippen molar-refractivity contribution in [2.24, 2.45) is 11.5 Å². The summed E-state index contributed by atoms with van der Waals surface area (Å²) in [5, 5.41) is 5.62. The van der Waals surface area contributed by atoms with Crippen LogP contribution in [0.2, 0.25) is 0 Å². The molecule has 0 aromatic heterocycles. The zero-order chi connectivity index (χ0) is 9.14. The van der Waals surface area contributed by atoms with Gasteiger partial charge >= 0.3 is 0 Å². The Labute approximate surface area is 69.7 Å². The zero-order valence-corrected chi connectivity index (χ0v) is 6.54. The molecule has 0 aromatic carbocycles. The van der Waals surface area contributed by atoms with Crippen LogP contribution in [0.25, 0.3) is 0 Å². The van der Waals surface area contributed by atoms with Crippen molar-refractivity contribution in [3.63, 3.8) is 0 Å². The van der Waals surface area contributed by atoms with Crippen LogP contribution in [0.3, 0.4) is 0 Å². The fourth-order valence-corrected chi connectivity index (χ4v) is 1.07. The maximum absolute atomic E-state index is 10.6. The van der Waals surface area contributed by atoms with E-state index in [0.29, 0.717) is 13.1 Å². The molecule has 0 radical (unpaired) electrons. The molecule has 1 rings (SSSR count). The van der Waals surface area contributed by atoms with Crippen molar-refractivity contribution in [1.82, 2.24) is 10.6 Å². The van der Waals surface area contributed by atoms with E-state index >= 15 is 0 Å². The molecule has 0 spiro atoms. The Morgan fingerprint density at radius 3 is 1.50 bits per heavy atom. The van der Waals surface area contributed by atoms with Gasteiger partial charge in [-0.2, -0.15) is 0 Å². The van der Waals surface area contributed by atoms with Crippen LogP contribution < -0.4 is 22.1 Å². The molecule has 0 unspecified atom stereocenters. The normalized spacial score (nSPS) is 29.7. The van der Waals surface area contributed by atoms with Crippen LogP contribution in [-0.2, 0) is 9.59 Å². The first-order valence-corrected chi connectivity index (χ1v) is 3.66. The lowest BCUT2D eigenvalue weighted by Gasteiger charge is -2.27. The van der Waals surface area contributed by atoms with E-state index in [1.807, 2.05) is 0 Å². The van der Waals surface area contributed by atoms with Gasteiger partial charge in [0.1, 0.15) is 0 Å². The molecule has 0 aliphatic carbocycles. The zero-order valence-electron chi connectivity index (χ0n) is 6.54. The summed E-state index contributed by atoms with van der Waals surface area (Å²) < 4.78 is 0. The molecule has 1 saturated heterocycles. The Kier molecular flexibility index (Phi) is 2.61. The number of rotatable bonds is 2. The predicted octanol–water partition coefficient (Wildman–Crippen LogP) is -3.11. The summed E-state index contributed by atoms with van der Waals surface area (Å²) in [5.74, 6) is -0.851. The van der Waals surface area contributed by atoms with Crippen LogP contribution in [0, 0.1) is 0 Å². The summed E-state index contributed by atoms with van der Waals surface area (Å²) in [4.78, 5) is 21.3. The highest BCUT2D eigenvalue weighted by atomic mass is 16.2. The minimum Gasteiger partial charge on any atom is -0.368 e. The van der Waals surface area contributed by atoms with E-state index in [1.54, 1.807) is 0 Å². The van der Waals surface area contributed by atoms with Crippen LogP contribution >= 0.6 is 0 Å². The number of hydrogen-bond acceptors (Lipinski definition) is 4. The number of hydrogen-bond donors (Lipinski definition) is 4. The van der Waals surface area contributed by atoms with Crippen molar-refractivity contribution in [2.75, 3.05) is 13.1 Å². The first-order chi connectivity index (χ1) is 5.61. The van der Waals surface area contributed by atoms with Gasteiger partial charge in [-0.25, -0.2) is 0 Å².